The Morgan fingerprint density at radius 2 is 1.34 bits per heavy atom. The quantitative estimate of drug-likeness (QED) is 0.0553. The average molecular weight is 901 g/mol. The Labute approximate surface area is 367 Å². The number of fused-ring (bicyclic) bond motifs is 1. The summed E-state index contributed by atoms with van der Waals surface area (Å²) in [4.78, 5) is 73.8. The molecule has 0 bridgehead atoms. The molecule has 3 aromatic carbocycles. The van der Waals surface area contributed by atoms with Gasteiger partial charge in [0.05, 0.1) is 17.2 Å². The van der Waals surface area contributed by atoms with E-state index in [0.29, 0.717) is 35.0 Å². The maximum atomic E-state index is 14.2. The Kier molecular flexibility index (Phi) is 16.3. The first kappa shape index (κ1) is 49.1. The van der Waals surface area contributed by atoms with E-state index >= 15 is 0 Å². The van der Waals surface area contributed by atoms with Crippen molar-refractivity contribution in [2.24, 2.45) is 17.6 Å². The van der Waals surface area contributed by atoms with Crippen LogP contribution in [0.5, 0.6) is 0 Å². The number of hydrogen-bond acceptors (Lipinski definition) is 7. The van der Waals surface area contributed by atoms with Crippen LogP contribution in [-0.4, -0.2) is 76.2 Å². The first-order chi connectivity index (χ1) is 30.1. The van der Waals surface area contributed by atoms with Crippen LogP contribution in [0.3, 0.4) is 0 Å². The fourth-order valence-electron chi connectivity index (χ4n) is 7.75. The van der Waals surface area contributed by atoms with Crippen LogP contribution in [0, 0.1) is 11.8 Å². The van der Waals surface area contributed by atoms with E-state index in [0.717, 1.165) is 5.56 Å². The van der Waals surface area contributed by atoms with Gasteiger partial charge in [0, 0.05) is 30.1 Å². The second-order valence-corrected chi connectivity index (χ2v) is 17.0. The number of carbonyl (C=O) groups is 5. The number of carbonyl (C=O) groups excluding carboxylic acids is 5. The van der Waals surface area contributed by atoms with E-state index in [-0.39, 0.29) is 56.6 Å². The number of H-pyrrole nitrogens is 1. The van der Waals surface area contributed by atoms with Crippen molar-refractivity contribution in [2.75, 3.05) is 6.54 Å². The van der Waals surface area contributed by atoms with Gasteiger partial charge in [-0.15, -0.1) is 0 Å². The summed E-state index contributed by atoms with van der Waals surface area (Å²) in [6.07, 6.45) is -7.61. The van der Waals surface area contributed by atoms with Gasteiger partial charge in [-0.2, -0.15) is 26.3 Å². The number of likely N-dealkylation sites (tertiary alicyclic amines) is 1. The molecule has 1 aromatic heterocycles. The van der Waals surface area contributed by atoms with Crippen molar-refractivity contribution < 1.29 is 55.1 Å². The predicted octanol–water partition coefficient (Wildman–Crippen LogP) is 6.60. The first-order valence-corrected chi connectivity index (χ1v) is 21.1. The SMILES string of the molecule is CC(C)C[C@H](NC(=O)[C@@H]1CCCN1C(=O)[C@H](CC(C)C)NC(=O)[C@@H](N)Cc1ccccc1)C(=O)N[C@@H](Cc1c[nH]c2ccccc12)C(=O)OCc1cc(C(F)(F)F)cc(C(F)(F)F)c1. The standard InChI is InChI=1S/C46H54F6N6O6/c1-26(2)17-36(55-42(61)39-15-10-16-58(39)43(62)37(18-27(3)4)56-40(59)34(53)21-28-11-6-5-7-12-28)41(60)57-38(22-30-24-54-35-14-9-8-13-33(30)35)44(63)64-25-29-19-31(45(47,48)49)23-32(20-29)46(50,51)52/h5-9,11-14,19-20,23-24,26-27,34,36-39,54H,10,15-18,21-22,25,53H2,1-4H3,(H,55,61)(H,56,59)(H,57,60)/t34-,36-,37-,38-,39-/m0/s1. The number of aromatic amines is 1. The molecule has 5 rings (SSSR count). The minimum Gasteiger partial charge on any atom is -0.459 e. The summed E-state index contributed by atoms with van der Waals surface area (Å²) in [6, 6.07) is 11.3. The Morgan fingerprint density at radius 3 is 1.97 bits per heavy atom. The van der Waals surface area contributed by atoms with Crippen molar-refractivity contribution in [1.29, 1.82) is 0 Å². The van der Waals surface area contributed by atoms with Crippen molar-refractivity contribution in [3.63, 3.8) is 0 Å². The number of ether oxygens (including phenoxy) is 1. The Hall–Kier alpha value is -5.91. The number of nitrogens with two attached hydrogens (primary N) is 1. The van der Waals surface area contributed by atoms with Crippen molar-refractivity contribution in [2.45, 2.75) is 115 Å². The number of nitrogens with one attached hydrogen (secondary N) is 4. The summed E-state index contributed by atoms with van der Waals surface area (Å²) >= 11 is 0. The zero-order chi connectivity index (χ0) is 46.9. The maximum absolute atomic E-state index is 14.2. The number of halogens is 6. The number of aromatic nitrogens is 1. The van der Waals surface area contributed by atoms with E-state index in [4.69, 9.17) is 10.5 Å². The number of amides is 4. The molecule has 2 heterocycles. The Morgan fingerprint density at radius 1 is 0.750 bits per heavy atom. The monoisotopic (exact) mass is 900 g/mol. The molecule has 18 heteroatoms. The highest BCUT2D eigenvalue weighted by Crippen LogP contribution is 2.36. The highest BCUT2D eigenvalue weighted by Gasteiger charge is 2.41. The van der Waals surface area contributed by atoms with Crippen LogP contribution < -0.4 is 21.7 Å². The number of para-hydroxylation sites is 1. The maximum Gasteiger partial charge on any atom is 0.416 e. The number of rotatable bonds is 18. The lowest BCUT2D eigenvalue weighted by Gasteiger charge is -2.31. The summed E-state index contributed by atoms with van der Waals surface area (Å²) in [5.41, 5.74) is 4.53. The molecule has 0 aliphatic carbocycles. The number of esters is 1. The van der Waals surface area contributed by atoms with Gasteiger partial charge >= 0.3 is 18.3 Å². The topological polar surface area (TPSA) is 176 Å². The summed E-state index contributed by atoms with van der Waals surface area (Å²) in [7, 11) is 0. The van der Waals surface area contributed by atoms with E-state index < -0.39 is 95.5 Å². The minimum atomic E-state index is -5.13. The largest absolute Gasteiger partial charge is 0.459 e. The van der Waals surface area contributed by atoms with Crippen molar-refractivity contribution in [1.82, 2.24) is 25.8 Å². The molecule has 0 spiro atoms. The molecule has 1 aliphatic rings. The minimum absolute atomic E-state index is 0.0279. The van der Waals surface area contributed by atoms with Crippen molar-refractivity contribution >= 4 is 40.5 Å². The number of alkyl halides is 6. The molecule has 346 valence electrons. The second kappa shape index (κ2) is 21.2. The van der Waals surface area contributed by atoms with E-state index in [1.54, 1.807) is 44.3 Å². The molecule has 1 aliphatic heterocycles. The lowest BCUT2D eigenvalue weighted by atomic mass is 10.00. The molecule has 64 heavy (non-hydrogen) atoms. The lowest BCUT2D eigenvalue weighted by molar-refractivity contribution is -0.149. The molecule has 6 N–H and O–H groups in total. The van der Waals surface area contributed by atoms with Crippen LogP contribution in [0.2, 0.25) is 0 Å². The van der Waals surface area contributed by atoms with Gasteiger partial charge in [-0.3, -0.25) is 19.2 Å². The Bertz CT molecular complexity index is 2230. The molecule has 0 saturated carbocycles. The fourth-order valence-corrected chi connectivity index (χ4v) is 7.75. The lowest BCUT2D eigenvalue weighted by Crippen LogP contribution is -2.58. The molecular weight excluding hydrogens is 847 g/mol. The zero-order valence-corrected chi connectivity index (χ0v) is 35.9. The third kappa shape index (κ3) is 13.3. The van der Waals surface area contributed by atoms with E-state index in [1.165, 1.54) is 4.90 Å². The van der Waals surface area contributed by atoms with Crippen LogP contribution >= 0.6 is 0 Å². The van der Waals surface area contributed by atoms with Gasteiger partial charge in [0.2, 0.25) is 23.6 Å². The van der Waals surface area contributed by atoms with Gasteiger partial charge in [0.15, 0.2) is 0 Å². The Balaban J connectivity index is 1.34. The van der Waals surface area contributed by atoms with Crippen LogP contribution in [0.15, 0.2) is 79.0 Å². The molecule has 0 unspecified atom stereocenters. The molecule has 1 saturated heterocycles. The average Bonchev–Trinajstić information content (AvgIpc) is 3.89. The summed E-state index contributed by atoms with van der Waals surface area (Å²) < 4.78 is 86.8. The van der Waals surface area contributed by atoms with Gasteiger partial charge in [0.25, 0.3) is 0 Å². The van der Waals surface area contributed by atoms with E-state index in [2.05, 4.69) is 20.9 Å². The highest BCUT2D eigenvalue weighted by molar-refractivity contribution is 5.96. The van der Waals surface area contributed by atoms with Crippen LogP contribution in [0.25, 0.3) is 10.9 Å². The van der Waals surface area contributed by atoms with Gasteiger partial charge in [-0.05, 0) is 84.9 Å². The molecular formula is C46H54F6N6O6. The predicted molar refractivity (Wildman–Crippen MR) is 226 cm³/mol. The van der Waals surface area contributed by atoms with Crippen LogP contribution in [0.4, 0.5) is 26.3 Å². The molecule has 12 nitrogen and oxygen atoms in total. The summed E-state index contributed by atoms with van der Waals surface area (Å²) in [5, 5.41) is 8.82. The third-order valence-corrected chi connectivity index (χ3v) is 10.9. The molecule has 4 amide bonds. The third-order valence-electron chi connectivity index (χ3n) is 10.9. The van der Waals surface area contributed by atoms with Gasteiger partial charge in [-0.25, -0.2) is 4.79 Å². The molecule has 4 aromatic rings. The van der Waals surface area contributed by atoms with Crippen molar-refractivity contribution in [3.8, 4) is 0 Å². The first-order valence-electron chi connectivity index (χ1n) is 21.1. The van der Waals surface area contributed by atoms with Gasteiger partial charge in [0.1, 0.15) is 30.8 Å². The van der Waals surface area contributed by atoms with Crippen LogP contribution in [0.1, 0.15) is 81.2 Å². The van der Waals surface area contributed by atoms with E-state index in [1.807, 2.05) is 44.2 Å². The smallest absolute Gasteiger partial charge is 0.416 e. The second-order valence-electron chi connectivity index (χ2n) is 17.0. The highest BCUT2D eigenvalue weighted by atomic mass is 19.4. The van der Waals surface area contributed by atoms with Crippen LogP contribution in [-0.2, 0) is 60.5 Å². The number of benzene rings is 3. The summed E-state index contributed by atoms with van der Waals surface area (Å²) in [5.74, 6) is -3.86. The number of nitrogens with zero attached hydrogens (tertiary/aromatic N) is 1. The molecule has 5 atom stereocenters. The van der Waals surface area contributed by atoms with Gasteiger partial charge < -0.3 is 36.3 Å². The van der Waals surface area contributed by atoms with Gasteiger partial charge in [-0.1, -0.05) is 76.2 Å². The van der Waals surface area contributed by atoms with Crippen molar-refractivity contribution in [3.05, 3.63) is 107 Å². The zero-order valence-electron chi connectivity index (χ0n) is 35.9. The van der Waals surface area contributed by atoms with E-state index in [9.17, 15) is 50.3 Å². The normalized spacial score (nSPS) is 16.3. The fraction of sp³-hybridized carbons (Fsp3) is 0.457. The summed E-state index contributed by atoms with van der Waals surface area (Å²) in [6.45, 7) is 6.57. The molecule has 1 fully saturated rings. The molecule has 0 radical (unpaired) electrons. The number of hydrogen-bond donors (Lipinski definition) is 5.